The van der Waals surface area contributed by atoms with Gasteiger partial charge in [0.15, 0.2) is 0 Å². The van der Waals surface area contributed by atoms with Crippen LogP contribution in [-0.4, -0.2) is 20.9 Å². The number of hydrogen-bond acceptors (Lipinski definition) is 3. The molecule has 23 heavy (non-hydrogen) atoms. The van der Waals surface area contributed by atoms with Crippen molar-refractivity contribution < 1.29 is 4.79 Å². The largest absolute Gasteiger partial charge is 0.324 e. The van der Waals surface area contributed by atoms with Gasteiger partial charge in [-0.3, -0.25) is 4.79 Å². The van der Waals surface area contributed by atoms with Crippen LogP contribution in [0.3, 0.4) is 0 Å². The van der Waals surface area contributed by atoms with Gasteiger partial charge in [0.1, 0.15) is 12.1 Å². The first-order chi connectivity index (χ1) is 11.3. The predicted octanol–water partition coefficient (Wildman–Crippen LogP) is 3.22. The van der Waals surface area contributed by atoms with E-state index in [9.17, 15) is 4.79 Å². The van der Waals surface area contributed by atoms with Gasteiger partial charge in [-0.25, -0.2) is 4.68 Å². The van der Waals surface area contributed by atoms with Crippen molar-refractivity contribution >= 4 is 33.4 Å². The van der Waals surface area contributed by atoms with Gasteiger partial charge in [0, 0.05) is 11.1 Å². The number of carbonyl (C=O) groups is 1. The maximum absolute atomic E-state index is 12.4. The predicted molar refractivity (Wildman–Crippen MR) is 90.1 cm³/mol. The highest BCUT2D eigenvalue weighted by molar-refractivity contribution is 6.02. The number of aromatic nitrogens is 3. The Morgan fingerprint density at radius 1 is 0.957 bits per heavy atom. The maximum atomic E-state index is 12.4. The molecule has 0 atom stereocenters. The Bertz CT molecular complexity index is 1000. The lowest BCUT2D eigenvalue weighted by atomic mass is 10.1. The van der Waals surface area contributed by atoms with Gasteiger partial charge in [-0.2, -0.15) is 0 Å². The Morgan fingerprint density at radius 2 is 1.74 bits per heavy atom. The Morgan fingerprint density at radius 3 is 2.70 bits per heavy atom. The molecule has 0 unspecified atom stereocenters. The van der Waals surface area contributed by atoms with Crippen molar-refractivity contribution in [2.75, 3.05) is 5.32 Å². The van der Waals surface area contributed by atoms with Gasteiger partial charge in [-0.15, -0.1) is 5.10 Å². The van der Waals surface area contributed by atoms with E-state index in [1.165, 1.54) is 0 Å². The number of hydrogen-bond donors (Lipinski definition) is 1. The van der Waals surface area contributed by atoms with Crippen LogP contribution in [0, 0.1) is 0 Å². The quantitative estimate of drug-likeness (QED) is 0.632. The number of para-hydroxylation sites is 1. The van der Waals surface area contributed by atoms with Crippen LogP contribution in [0.15, 0.2) is 66.7 Å². The van der Waals surface area contributed by atoms with E-state index in [0.717, 1.165) is 27.5 Å². The second kappa shape index (κ2) is 5.53. The summed E-state index contributed by atoms with van der Waals surface area (Å²) in [7, 11) is 0. The average Bonchev–Trinajstić information content (AvgIpc) is 2.98. The van der Waals surface area contributed by atoms with E-state index in [4.69, 9.17) is 0 Å². The molecule has 0 saturated heterocycles. The summed E-state index contributed by atoms with van der Waals surface area (Å²) >= 11 is 0. The summed E-state index contributed by atoms with van der Waals surface area (Å²) in [6, 6.07) is 21.4. The van der Waals surface area contributed by atoms with Crippen molar-refractivity contribution in [1.82, 2.24) is 15.0 Å². The maximum Gasteiger partial charge on any atom is 0.246 e. The lowest BCUT2D eigenvalue weighted by Crippen LogP contribution is -2.19. The molecule has 1 amide bonds. The minimum Gasteiger partial charge on any atom is -0.324 e. The summed E-state index contributed by atoms with van der Waals surface area (Å²) in [6.07, 6.45) is 0. The van der Waals surface area contributed by atoms with Crippen molar-refractivity contribution in [3.8, 4) is 0 Å². The van der Waals surface area contributed by atoms with Gasteiger partial charge in [0.05, 0.1) is 5.52 Å². The van der Waals surface area contributed by atoms with Crippen LogP contribution in [0.4, 0.5) is 5.69 Å². The zero-order chi connectivity index (χ0) is 15.6. The number of rotatable bonds is 3. The topological polar surface area (TPSA) is 59.8 Å². The first-order valence-electron chi connectivity index (χ1n) is 7.37. The Balaban J connectivity index is 1.60. The lowest BCUT2D eigenvalue weighted by molar-refractivity contribution is -0.116. The third-order valence-electron chi connectivity index (χ3n) is 3.78. The summed E-state index contributed by atoms with van der Waals surface area (Å²) in [4.78, 5) is 12.4. The average molecular weight is 302 g/mol. The van der Waals surface area contributed by atoms with E-state index in [1.807, 2.05) is 66.7 Å². The second-order valence-electron chi connectivity index (χ2n) is 5.31. The van der Waals surface area contributed by atoms with Crippen LogP contribution in [0.1, 0.15) is 0 Å². The molecule has 3 aromatic carbocycles. The minimum atomic E-state index is -0.128. The number of nitrogens with zero attached hydrogens (tertiary/aromatic N) is 3. The molecular formula is C18H14N4O. The number of nitrogens with one attached hydrogen (secondary N) is 1. The first kappa shape index (κ1) is 13.5. The van der Waals surface area contributed by atoms with Crippen LogP contribution in [-0.2, 0) is 11.3 Å². The van der Waals surface area contributed by atoms with Crippen molar-refractivity contribution in [2.24, 2.45) is 0 Å². The molecule has 0 radical (unpaired) electrons. The van der Waals surface area contributed by atoms with E-state index in [1.54, 1.807) is 4.68 Å². The molecule has 0 fully saturated rings. The number of carbonyl (C=O) groups excluding carboxylic acids is 1. The van der Waals surface area contributed by atoms with Gasteiger partial charge in [-0.1, -0.05) is 53.7 Å². The van der Waals surface area contributed by atoms with Crippen LogP contribution in [0.5, 0.6) is 0 Å². The molecule has 1 aromatic heterocycles. The molecule has 0 saturated carbocycles. The number of anilines is 1. The molecule has 5 nitrogen and oxygen atoms in total. The standard InChI is InChI=1S/C18H14N4O/c23-18(12-22-17-11-4-3-9-16(17)20-21-22)19-15-10-5-7-13-6-1-2-8-14(13)15/h1-11H,12H2,(H,19,23). The van der Waals surface area contributed by atoms with Crippen molar-refractivity contribution in [2.45, 2.75) is 6.54 Å². The molecule has 112 valence electrons. The highest BCUT2D eigenvalue weighted by atomic mass is 16.2. The number of fused-ring (bicyclic) bond motifs is 2. The van der Waals surface area contributed by atoms with Gasteiger partial charge in [0.25, 0.3) is 0 Å². The fraction of sp³-hybridized carbons (Fsp3) is 0.0556. The van der Waals surface area contributed by atoms with Gasteiger partial charge in [-0.05, 0) is 23.6 Å². The van der Waals surface area contributed by atoms with Gasteiger partial charge < -0.3 is 5.32 Å². The molecule has 4 aromatic rings. The Labute approximate surface area is 132 Å². The van der Waals surface area contributed by atoms with Crippen molar-refractivity contribution in [1.29, 1.82) is 0 Å². The zero-order valence-electron chi connectivity index (χ0n) is 12.3. The fourth-order valence-corrected chi connectivity index (χ4v) is 2.69. The highest BCUT2D eigenvalue weighted by Crippen LogP contribution is 2.23. The molecule has 5 heteroatoms. The van der Waals surface area contributed by atoms with E-state index < -0.39 is 0 Å². The molecule has 0 aliphatic rings. The van der Waals surface area contributed by atoms with Crippen LogP contribution < -0.4 is 5.32 Å². The third-order valence-corrected chi connectivity index (χ3v) is 3.78. The molecule has 1 heterocycles. The minimum absolute atomic E-state index is 0.128. The number of benzene rings is 3. The summed E-state index contributed by atoms with van der Waals surface area (Å²) in [6.45, 7) is 0.129. The Kier molecular flexibility index (Phi) is 3.24. The summed E-state index contributed by atoms with van der Waals surface area (Å²) < 4.78 is 1.61. The normalized spacial score (nSPS) is 11.0. The number of amides is 1. The smallest absolute Gasteiger partial charge is 0.246 e. The Hall–Kier alpha value is -3.21. The third kappa shape index (κ3) is 2.53. The van der Waals surface area contributed by atoms with Crippen molar-refractivity contribution in [3.63, 3.8) is 0 Å². The molecule has 1 N–H and O–H groups in total. The van der Waals surface area contributed by atoms with E-state index in [2.05, 4.69) is 15.6 Å². The lowest BCUT2D eigenvalue weighted by Gasteiger charge is -2.09. The highest BCUT2D eigenvalue weighted by Gasteiger charge is 2.10. The SMILES string of the molecule is O=C(Cn1nnc2ccccc21)Nc1cccc2ccccc12. The molecule has 4 rings (SSSR count). The molecule has 0 bridgehead atoms. The van der Waals surface area contributed by atoms with Gasteiger partial charge in [0.2, 0.25) is 5.91 Å². The first-order valence-corrected chi connectivity index (χ1v) is 7.37. The fourth-order valence-electron chi connectivity index (χ4n) is 2.69. The molecule has 0 spiro atoms. The second-order valence-corrected chi connectivity index (χ2v) is 5.31. The van der Waals surface area contributed by atoms with Crippen molar-refractivity contribution in [3.05, 3.63) is 66.7 Å². The van der Waals surface area contributed by atoms with Gasteiger partial charge >= 0.3 is 0 Å². The van der Waals surface area contributed by atoms with E-state index in [0.29, 0.717) is 0 Å². The summed E-state index contributed by atoms with van der Waals surface area (Å²) in [5.74, 6) is -0.128. The van der Waals surface area contributed by atoms with Crippen LogP contribution in [0.25, 0.3) is 21.8 Å². The monoisotopic (exact) mass is 302 g/mol. The zero-order valence-corrected chi connectivity index (χ0v) is 12.3. The van der Waals surface area contributed by atoms with Crippen LogP contribution >= 0.6 is 0 Å². The molecule has 0 aliphatic carbocycles. The van der Waals surface area contributed by atoms with E-state index in [-0.39, 0.29) is 12.5 Å². The van der Waals surface area contributed by atoms with E-state index >= 15 is 0 Å². The molecular weight excluding hydrogens is 288 g/mol. The summed E-state index contributed by atoms with van der Waals surface area (Å²) in [5, 5.41) is 13.2. The van der Waals surface area contributed by atoms with Crippen LogP contribution in [0.2, 0.25) is 0 Å². The summed E-state index contributed by atoms with van der Waals surface area (Å²) in [5.41, 5.74) is 2.43. The molecule has 0 aliphatic heterocycles.